The minimum absolute atomic E-state index is 0.438. The van der Waals surface area contributed by atoms with Crippen LogP contribution in [0, 0.1) is 0 Å². The molecule has 0 unspecified atom stereocenters. The van der Waals surface area contributed by atoms with Gasteiger partial charge in [-0.15, -0.1) is 0 Å². The van der Waals surface area contributed by atoms with Crippen molar-refractivity contribution in [2.75, 3.05) is 31.6 Å². The smallest absolute Gasteiger partial charge is 0.204 e. The third-order valence-corrected chi connectivity index (χ3v) is 6.18. The Kier molecular flexibility index (Phi) is 6.35. The SMILES string of the molecule is c1ccc(Cn2c(NC3CCN(CCOc4ccccc4)CC3)nc3ccccc32)cc1. The lowest BCUT2D eigenvalue weighted by atomic mass is 10.1. The number of nitrogens with one attached hydrogen (secondary N) is 1. The lowest BCUT2D eigenvalue weighted by Gasteiger charge is -2.32. The monoisotopic (exact) mass is 426 g/mol. The predicted molar refractivity (Wildman–Crippen MR) is 130 cm³/mol. The van der Waals surface area contributed by atoms with Crippen LogP contribution in [0.3, 0.4) is 0 Å². The molecule has 0 atom stereocenters. The van der Waals surface area contributed by atoms with E-state index in [9.17, 15) is 0 Å². The molecule has 0 radical (unpaired) electrons. The number of benzene rings is 3. The maximum atomic E-state index is 5.87. The van der Waals surface area contributed by atoms with Crippen LogP contribution < -0.4 is 10.1 Å². The zero-order chi connectivity index (χ0) is 21.6. The number of para-hydroxylation sites is 3. The Morgan fingerprint density at radius 2 is 1.53 bits per heavy atom. The molecule has 1 aromatic heterocycles. The van der Waals surface area contributed by atoms with Crippen molar-refractivity contribution in [3.8, 4) is 5.75 Å². The molecule has 1 saturated heterocycles. The van der Waals surface area contributed by atoms with Gasteiger partial charge >= 0.3 is 0 Å². The highest BCUT2D eigenvalue weighted by molar-refractivity contribution is 5.78. The number of hydrogen-bond acceptors (Lipinski definition) is 4. The molecule has 0 aliphatic carbocycles. The Morgan fingerprint density at radius 1 is 0.844 bits per heavy atom. The second-order valence-corrected chi connectivity index (χ2v) is 8.42. The van der Waals surface area contributed by atoms with Crippen LogP contribution in [-0.4, -0.2) is 46.7 Å². The molecule has 1 aliphatic rings. The highest BCUT2D eigenvalue weighted by Gasteiger charge is 2.21. The van der Waals surface area contributed by atoms with Gasteiger partial charge in [-0.1, -0.05) is 60.7 Å². The molecule has 0 saturated carbocycles. The number of piperidine rings is 1. The minimum atomic E-state index is 0.438. The number of likely N-dealkylation sites (tertiary alicyclic amines) is 1. The summed E-state index contributed by atoms with van der Waals surface area (Å²) in [6, 6.07) is 29.5. The summed E-state index contributed by atoms with van der Waals surface area (Å²) in [7, 11) is 0. The highest BCUT2D eigenvalue weighted by Crippen LogP contribution is 2.24. The van der Waals surface area contributed by atoms with E-state index in [4.69, 9.17) is 9.72 Å². The van der Waals surface area contributed by atoms with Crippen LogP contribution in [0.1, 0.15) is 18.4 Å². The highest BCUT2D eigenvalue weighted by atomic mass is 16.5. The summed E-state index contributed by atoms with van der Waals surface area (Å²) in [5.74, 6) is 1.92. The number of fused-ring (bicyclic) bond motifs is 1. The lowest BCUT2D eigenvalue weighted by Crippen LogP contribution is -2.41. The summed E-state index contributed by atoms with van der Waals surface area (Å²) in [5.41, 5.74) is 3.50. The van der Waals surface area contributed by atoms with E-state index in [0.29, 0.717) is 6.04 Å². The van der Waals surface area contributed by atoms with Gasteiger partial charge in [0.25, 0.3) is 0 Å². The predicted octanol–water partition coefficient (Wildman–Crippen LogP) is 5.04. The van der Waals surface area contributed by atoms with E-state index >= 15 is 0 Å². The van der Waals surface area contributed by atoms with E-state index in [1.54, 1.807) is 0 Å². The van der Waals surface area contributed by atoms with Crippen molar-refractivity contribution in [2.24, 2.45) is 0 Å². The van der Waals surface area contributed by atoms with E-state index in [2.05, 4.69) is 69.4 Å². The summed E-state index contributed by atoms with van der Waals surface area (Å²) in [5, 5.41) is 3.76. The van der Waals surface area contributed by atoms with Crippen LogP contribution in [0.2, 0.25) is 0 Å². The van der Waals surface area contributed by atoms with E-state index in [-0.39, 0.29) is 0 Å². The van der Waals surface area contributed by atoms with Gasteiger partial charge in [-0.2, -0.15) is 0 Å². The van der Waals surface area contributed by atoms with Gasteiger partial charge in [-0.05, 0) is 42.7 Å². The molecule has 1 aliphatic heterocycles. The fraction of sp³-hybridized carbons (Fsp3) is 0.296. The Morgan fingerprint density at radius 3 is 2.31 bits per heavy atom. The molecule has 1 fully saturated rings. The molecule has 0 spiro atoms. The second-order valence-electron chi connectivity index (χ2n) is 8.42. The van der Waals surface area contributed by atoms with Crippen LogP contribution in [0.25, 0.3) is 11.0 Å². The van der Waals surface area contributed by atoms with Crippen molar-refractivity contribution in [1.82, 2.24) is 14.5 Å². The molecule has 32 heavy (non-hydrogen) atoms. The summed E-state index contributed by atoms with van der Waals surface area (Å²) in [4.78, 5) is 7.42. The van der Waals surface area contributed by atoms with Crippen LogP contribution in [-0.2, 0) is 6.54 Å². The first-order valence-electron chi connectivity index (χ1n) is 11.5. The number of imidazole rings is 1. The topological polar surface area (TPSA) is 42.3 Å². The van der Waals surface area contributed by atoms with Gasteiger partial charge in [-0.25, -0.2) is 4.98 Å². The standard InChI is InChI=1S/C27H30N4O/c1-3-9-22(10-4-1)21-31-26-14-8-7-13-25(26)29-27(31)28-23-15-17-30(18-16-23)19-20-32-24-11-5-2-6-12-24/h1-14,23H,15-21H2,(H,28,29). The van der Waals surface area contributed by atoms with Crippen molar-refractivity contribution in [3.05, 3.63) is 90.5 Å². The fourth-order valence-corrected chi connectivity index (χ4v) is 4.40. The zero-order valence-electron chi connectivity index (χ0n) is 18.4. The maximum Gasteiger partial charge on any atom is 0.204 e. The molecular formula is C27H30N4O. The third-order valence-electron chi connectivity index (χ3n) is 6.18. The molecule has 2 heterocycles. The summed E-state index contributed by atoms with van der Waals surface area (Å²) < 4.78 is 8.18. The minimum Gasteiger partial charge on any atom is -0.492 e. The second kappa shape index (κ2) is 9.88. The summed E-state index contributed by atoms with van der Waals surface area (Å²) in [6.07, 6.45) is 2.22. The van der Waals surface area contributed by atoms with E-state index < -0.39 is 0 Å². The molecule has 164 valence electrons. The number of nitrogens with zero attached hydrogens (tertiary/aromatic N) is 3. The molecule has 4 aromatic rings. The summed E-state index contributed by atoms with van der Waals surface area (Å²) in [6.45, 7) is 4.67. The Hall–Kier alpha value is -3.31. The van der Waals surface area contributed by atoms with Crippen LogP contribution in [0.15, 0.2) is 84.9 Å². The number of anilines is 1. The number of rotatable bonds is 8. The quantitative estimate of drug-likeness (QED) is 0.429. The number of aromatic nitrogens is 2. The van der Waals surface area contributed by atoms with Gasteiger partial charge in [0, 0.05) is 25.7 Å². The van der Waals surface area contributed by atoms with Crippen molar-refractivity contribution in [1.29, 1.82) is 0 Å². The lowest BCUT2D eigenvalue weighted by molar-refractivity contribution is 0.177. The number of ether oxygens (including phenoxy) is 1. The van der Waals surface area contributed by atoms with Crippen molar-refractivity contribution >= 4 is 17.0 Å². The van der Waals surface area contributed by atoms with Crippen molar-refractivity contribution < 1.29 is 4.74 Å². The molecular weight excluding hydrogens is 396 g/mol. The normalized spacial score (nSPS) is 15.1. The van der Waals surface area contributed by atoms with Crippen molar-refractivity contribution in [2.45, 2.75) is 25.4 Å². The first kappa shape index (κ1) is 20.6. The van der Waals surface area contributed by atoms with Gasteiger partial charge in [0.1, 0.15) is 12.4 Å². The first-order chi connectivity index (χ1) is 15.8. The fourth-order valence-electron chi connectivity index (χ4n) is 4.40. The first-order valence-corrected chi connectivity index (χ1v) is 11.5. The summed E-state index contributed by atoms with van der Waals surface area (Å²) >= 11 is 0. The molecule has 5 nitrogen and oxygen atoms in total. The average Bonchev–Trinajstić information content (AvgIpc) is 3.18. The van der Waals surface area contributed by atoms with Gasteiger partial charge in [0.15, 0.2) is 0 Å². The van der Waals surface area contributed by atoms with Crippen LogP contribution in [0.5, 0.6) is 5.75 Å². The van der Waals surface area contributed by atoms with E-state index in [0.717, 1.165) is 62.8 Å². The maximum absolute atomic E-state index is 5.87. The zero-order valence-corrected chi connectivity index (χ0v) is 18.4. The molecule has 1 N–H and O–H groups in total. The molecule has 5 heteroatoms. The van der Waals surface area contributed by atoms with Gasteiger partial charge in [0.2, 0.25) is 5.95 Å². The molecule has 0 amide bonds. The van der Waals surface area contributed by atoms with Gasteiger partial charge in [0.05, 0.1) is 17.6 Å². The van der Waals surface area contributed by atoms with Crippen LogP contribution in [0.4, 0.5) is 5.95 Å². The third kappa shape index (κ3) is 4.94. The largest absolute Gasteiger partial charge is 0.492 e. The molecule has 5 rings (SSSR count). The van der Waals surface area contributed by atoms with E-state index in [1.165, 1.54) is 11.1 Å². The van der Waals surface area contributed by atoms with Crippen molar-refractivity contribution in [3.63, 3.8) is 0 Å². The van der Waals surface area contributed by atoms with Crippen LogP contribution >= 0.6 is 0 Å². The Labute approximate surface area is 189 Å². The average molecular weight is 427 g/mol. The Balaban J connectivity index is 1.19. The Bertz CT molecular complexity index is 1120. The molecule has 0 bridgehead atoms. The number of hydrogen-bond donors (Lipinski definition) is 1. The van der Waals surface area contributed by atoms with E-state index in [1.807, 2.05) is 30.3 Å². The van der Waals surface area contributed by atoms with Gasteiger partial charge < -0.3 is 14.6 Å². The van der Waals surface area contributed by atoms with Gasteiger partial charge in [-0.3, -0.25) is 4.90 Å². The molecule has 3 aromatic carbocycles.